The normalized spacial score (nSPS) is 10.9. The highest BCUT2D eigenvalue weighted by molar-refractivity contribution is 7.99. The van der Waals surface area contributed by atoms with Crippen molar-refractivity contribution in [1.82, 2.24) is 29.7 Å². The van der Waals surface area contributed by atoms with Crippen LogP contribution in [0, 0.1) is 5.82 Å². The molecule has 0 saturated carbocycles. The van der Waals surface area contributed by atoms with Crippen LogP contribution >= 0.6 is 11.8 Å². The molecule has 6 nitrogen and oxygen atoms in total. The zero-order valence-corrected chi connectivity index (χ0v) is 13.6. The molecule has 0 bridgehead atoms. The predicted molar refractivity (Wildman–Crippen MR) is 84.4 cm³/mol. The molecule has 0 aromatic carbocycles. The molecule has 0 unspecified atom stereocenters. The molecule has 3 rings (SSSR count). The number of aryl methyl sites for hydroxylation is 1. The minimum Gasteiger partial charge on any atom is -0.301 e. The average Bonchev–Trinajstić information content (AvgIpc) is 3.00. The summed E-state index contributed by atoms with van der Waals surface area (Å²) in [4.78, 5) is 12.3. The second-order valence-corrected chi connectivity index (χ2v) is 5.62. The van der Waals surface area contributed by atoms with Gasteiger partial charge in [0.15, 0.2) is 16.8 Å². The van der Waals surface area contributed by atoms with Crippen LogP contribution < -0.4 is 0 Å². The number of pyridine rings is 1. The maximum absolute atomic E-state index is 14.3. The van der Waals surface area contributed by atoms with Gasteiger partial charge >= 0.3 is 0 Å². The van der Waals surface area contributed by atoms with Crippen molar-refractivity contribution in [2.45, 2.75) is 37.0 Å². The van der Waals surface area contributed by atoms with Gasteiger partial charge in [0.25, 0.3) is 0 Å². The highest BCUT2D eigenvalue weighted by Gasteiger charge is 2.18. The third-order valence-electron chi connectivity index (χ3n) is 3.28. The molecule has 0 aliphatic rings. The first kappa shape index (κ1) is 15.5. The van der Waals surface area contributed by atoms with Gasteiger partial charge in [-0.05, 0) is 37.2 Å². The Balaban J connectivity index is 1.97. The number of aromatic nitrogens is 6. The van der Waals surface area contributed by atoms with Crippen LogP contribution in [-0.2, 0) is 13.0 Å². The maximum atomic E-state index is 14.3. The summed E-state index contributed by atoms with van der Waals surface area (Å²) in [6.45, 7) is 4.48. The molecular formula is C15H15FN6S. The Hall–Kier alpha value is -2.35. The van der Waals surface area contributed by atoms with Gasteiger partial charge in [-0.3, -0.25) is 4.98 Å². The van der Waals surface area contributed by atoms with Gasteiger partial charge in [0.1, 0.15) is 17.0 Å². The van der Waals surface area contributed by atoms with E-state index in [-0.39, 0.29) is 5.03 Å². The van der Waals surface area contributed by atoms with Crippen molar-refractivity contribution >= 4 is 11.8 Å². The Morgan fingerprint density at radius 2 is 2.00 bits per heavy atom. The van der Waals surface area contributed by atoms with Gasteiger partial charge < -0.3 is 4.57 Å². The van der Waals surface area contributed by atoms with Gasteiger partial charge in [0.2, 0.25) is 0 Å². The first-order valence-corrected chi connectivity index (χ1v) is 8.08. The van der Waals surface area contributed by atoms with Gasteiger partial charge in [-0.2, -0.15) is 0 Å². The average molecular weight is 330 g/mol. The van der Waals surface area contributed by atoms with Crippen LogP contribution in [0.3, 0.4) is 0 Å². The molecule has 0 saturated heterocycles. The van der Waals surface area contributed by atoms with Gasteiger partial charge in [-0.15, -0.1) is 10.2 Å². The molecule has 0 aliphatic carbocycles. The van der Waals surface area contributed by atoms with E-state index in [0.717, 1.165) is 17.5 Å². The van der Waals surface area contributed by atoms with Gasteiger partial charge in [-0.1, -0.05) is 13.0 Å². The summed E-state index contributed by atoms with van der Waals surface area (Å²) in [6, 6.07) is 5.60. The lowest BCUT2D eigenvalue weighted by molar-refractivity contribution is 0.558. The third kappa shape index (κ3) is 3.07. The highest BCUT2D eigenvalue weighted by Crippen LogP contribution is 2.29. The maximum Gasteiger partial charge on any atom is 0.197 e. The van der Waals surface area contributed by atoms with Crippen molar-refractivity contribution < 1.29 is 4.39 Å². The van der Waals surface area contributed by atoms with Crippen molar-refractivity contribution in [2.24, 2.45) is 0 Å². The van der Waals surface area contributed by atoms with Crippen LogP contribution in [0.5, 0.6) is 0 Å². The Morgan fingerprint density at radius 1 is 1.13 bits per heavy atom. The van der Waals surface area contributed by atoms with E-state index in [1.54, 1.807) is 6.20 Å². The SMILES string of the molecule is CCc1ncnc(Sc2nnc(-c3ccccn3)n2CC)c1F. The quantitative estimate of drug-likeness (QED) is 0.670. The molecular weight excluding hydrogens is 315 g/mol. The standard InChI is InChI=1S/C15H15FN6S/c1-3-10-12(16)14(19-9-18-10)23-15-21-20-13(22(15)4-2)11-7-5-6-8-17-11/h5-9H,3-4H2,1-2H3. The summed E-state index contributed by atoms with van der Waals surface area (Å²) in [5, 5.41) is 9.19. The lowest BCUT2D eigenvalue weighted by Gasteiger charge is -2.07. The lowest BCUT2D eigenvalue weighted by Crippen LogP contribution is -2.02. The second kappa shape index (κ2) is 6.82. The summed E-state index contributed by atoms with van der Waals surface area (Å²) in [5.41, 5.74) is 1.13. The fraction of sp³-hybridized carbons (Fsp3) is 0.267. The summed E-state index contributed by atoms with van der Waals surface area (Å²) in [6.07, 6.45) is 3.59. The molecule has 0 fully saturated rings. The minimum absolute atomic E-state index is 0.256. The number of hydrogen-bond donors (Lipinski definition) is 0. The largest absolute Gasteiger partial charge is 0.301 e. The van der Waals surface area contributed by atoms with Gasteiger partial charge in [0, 0.05) is 12.7 Å². The molecule has 0 aliphatic heterocycles. The van der Waals surface area contributed by atoms with Gasteiger partial charge in [0.05, 0.1) is 5.69 Å². The van der Waals surface area contributed by atoms with Gasteiger partial charge in [-0.25, -0.2) is 14.4 Å². The molecule has 0 atom stereocenters. The molecule has 23 heavy (non-hydrogen) atoms. The fourth-order valence-electron chi connectivity index (χ4n) is 2.13. The minimum atomic E-state index is -0.398. The number of halogens is 1. The zero-order valence-electron chi connectivity index (χ0n) is 12.8. The first-order chi connectivity index (χ1) is 11.2. The summed E-state index contributed by atoms with van der Waals surface area (Å²) < 4.78 is 16.2. The Bertz CT molecular complexity index is 805. The van der Waals surface area contributed by atoms with E-state index in [4.69, 9.17) is 0 Å². The summed E-state index contributed by atoms with van der Waals surface area (Å²) >= 11 is 1.15. The van der Waals surface area contributed by atoms with Crippen molar-refractivity contribution in [3.63, 3.8) is 0 Å². The van der Waals surface area contributed by atoms with Crippen molar-refractivity contribution in [2.75, 3.05) is 0 Å². The third-order valence-corrected chi connectivity index (χ3v) is 4.24. The number of rotatable bonds is 5. The topological polar surface area (TPSA) is 69.4 Å². The summed E-state index contributed by atoms with van der Waals surface area (Å²) in [7, 11) is 0. The van der Waals surface area contributed by atoms with Crippen LogP contribution in [0.15, 0.2) is 40.9 Å². The first-order valence-electron chi connectivity index (χ1n) is 7.26. The molecule has 3 aromatic rings. The van der Waals surface area contributed by atoms with E-state index < -0.39 is 5.82 Å². The van der Waals surface area contributed by atoms with Crippen LogP contribution in [0.1, 0.15) is 19.5 Å². The molecule has 8 heteroatoms. The Labute approximate surface area is 137 Å². The predicted octanol–water partition coefficient (Wildman–Crippen LogP) is 3.00. The molecule has 0 N–H and O–H groups in total. The molecule has 118 valence electrons. The number of hydrogen-bond acceptors (Lipinski definition) is 6. The van der Waals surface area contributed by atoms with Crippen molar-refractivity contribution in [3.05, 3.63) is 42.2 Å². The number of nitrogens with zero attached hydrogens (tertiary/aromatic N) is 6. The molecule has 0 spiro atoms. The van der Waals surface area contributed by atoms with Crippen molar-refractivity contribution in [3.8, 4) is 11.5 Å². The zero-order chi connectivity index (χ0) is 16.2. The fourth-order valence-corrected chi connectivity index (χ4v) is 3.01. The molecule has 0 amide bonds. The van der Waals surface area contributed by atoms with E-state index >= 15 is 0 Å². The van der Waals surface area contributed by atoms with Crippen molar-refractivity contribution in [1.29, 1.82) is 0 Å². The van der Waals surface area contributed by atoms with Crippen LogP contribution in [0.2, 0.25) is 0 Å². The Kier molecular flexibility index (Phi) is 4.61. The van der Waals surface area contributed by atoms with E-state index in [1.165, 1.54) is 6.33 Å². The monoisotopic (exact) mass is 330 g/mol. The molecule has 0 radical (unpaired) electrons. The van der Waals surface area contributed by atoms with E-state index in [2.05, 4.69) is 25.1 Å². The Morgan fingerprint density at radius 3 is 2.70 bits per heavy atom. The molecule has 3 heterocycles. The summed E-state index contributed by atoms with van der Waals surface area (Å²) in [5.74, 6) is 0.255. The van der Waals surface area contributed by atoms with E-state index in [1.807, 2.05) is 36.6 Å². The second-order valence-electron chi connectivity index (χ2n) is 4.66. The van der Waals surface area contributed by atoms with Crippen LogP contribution in [0.25, 0.3) is 11.5 Å². The lowest BCUT2D eigenvalue weighted by atomic mass is 10.3. The van der Waals surface area contributed by atoms with Crippen LogP contribution in [0.4, 0.5) is 4.39 Å². The van der Waals surface area contributed by atoms with E-state index in [9.17, 15) is 4.39 Å². The molecule has 3 aromatic heterocycles. The van der Waals surface area contributed by atoms with E-state index in [0.29, 0.717) is 29.6 Å². The smallest absolute Gasteiger partial charge is 0.197 e. The van der Waals surface area contributed by atoms with Crippen LogP contribution in [-0.4, -0.2) is 29.7 Å². The highest BCUT2D eigenvalue weighted by atomic mass is 32.2.